The molecule has 4 nitrogen and oxygen atoms in total. The molecule has 1 aliphatic rings. The Morgan fingerprint density at radius 1 is 1.24 bits per heavy atom. The topological polar surface area (TPSA) is 61.3 Å². The lowest BCUT2D eigenvalue weighted by Crippen LogP contribution is -1.96. The van der Waals surface area contributed by atoms with Gasteiger partial charge in [0.1, 0.15) is 0 Å². The normalized spacial score (nSPS) is 19.6. The third-order valence-electron chi connectivity index (χ3n) is 3.22. The second-order valence-corrected chi connectivity index (χ2v) is 4.29. The third kappa shape index (κ3) is 1.91. The number of hydrogen-bond donors (Lipinski definition) is 1. The molecule has 3 rings (SSSR count). The Labute approximate surface area is 99.4 Å². The maximum absolute atomic E-state index is 5.68. The molecule has 1 atom stereocenters. The molecule has 88 valence electrons. The molecule has 1 fully saturated rings. The first-order valence-electron chi connectivity index (χ1n) is 5.73. The van der Waals surface area contributed by atoms with E-state index in [0.29, 0.717) is 11.8 Å². The summed E-state index contributed by atoms with van der Waals surface area (Å²) < 4.78 is 10.2. The fraction of sp³-hybridized carbons (Fsp3) is 0.308. The van der Waals surface area contributed by atoms with E-state index in [0.717, 1.165) is 30.8 Å². The molecule has 1 unspecified atom stereocenters. The summed E-state index contributed by atoms with van der Waals surface area (Å²) in [7, 11) is 0. The van der Waals surface area contributed by atoms with Crippen LogP contribution in [0.5, 0.6) is 0 Å². The smallest absolute Gasteiger partial charge is 0.229 e. The van der Waals surface area contributed by atoms with Crippen LogP contribution in [0.1, 0.15) is 17.9 Å². The Morgan fingerprint density at radius 2 is 2.06 bits per heavy atom. The zero-order valence-corrected chi connectivity index (χ0v) is 9.43. The van der Waals surface area contributed by atoms with Gasteiger partial charge in [0, 0.05) is 12.5 Å². The summed E-state index contributed by atoms with van der Waals surface area (Å²) in [6.45, 7) is 1.69. The Balaban J connectivity index is 1.87. The van der Waals surface area contributed by atoms with E-state index in [-0.39, 0.29) is 0 Å². The minimum absolute atomic E-state index is 0.363. The second-order valence-electron chi connectivity index (χ2n) is 4.29. The maximum atomic E-state index is 5.68. The van der Waals surface area contributed by atoms with Crippen molar-refractivity contribution >= 4 is 5.88 Å². The zero-order chi connectivity index (χ0) is 11.7. The van der Waals surface area contributed by atoms with Crippen LogP contribution in [0.3, 0.4) is 0 Å². The van der Waals surface area contributed by atoms with Crippen molar-refractivity contribution in [3.05, 3.63) is 36.0 Å². The largest absolute Gasteiger partial charge is 0.381 e. The van der Waals surface area contributed by atoms with E-state index in [4.69, 9.17) is 15.0 Å². The molecule has 0 aliphatic carbocycles. The van der Waals surface area contributed by atoms with Gasteiger partial charge in [0.15, 0.2) is 0 Å². The van der Waals surface area contributed by atoms with Gasteiger partial charge < -0.3 is 15.0 Å². The van der Waals surface area contributed by atoms with Crippen LogP contribution in [0, 0.1) is 0 Å². The van der Waals surface area contributed by atoms with E-state index >= 15 is 0 Å². The first kappa shape index (κ1) is 10.4. The number of anilines is 1. The van der Waals surface area contributed by atoms with Crippen LogP contribution in [0.4, 0.5) is 5.88 Å². The van der Waals surface area contributed by atoms with Crippen LogP contribution >= 0.6 is 0 Å². The van der Waals surface area contributed by atoms with Crippen molar-refractivity contribution in [3.8, 4) is 11.1 Å². The molecule has 0 spiro atoms. The van der Waals surface area contributed by atoms with Gasteiger partial charge in [0.05, 0.1) is 18.4 Å². The van der Waals surface area contributed by atoms with Gasteiger partial charge in [-0.3, -0.25) is 0 Å². The van der Waals surface area contributed by atoms with Crippen molar-refractivity contribution < 1.29 is 9.26 Å². The molecular formula is C13H14N2O2. The average Bonchev–Trinajstić information content (AvgIpc) is 3.00. The maximum Gasteiger partial charge on any atom is 0.229 e. The summed E-state index contributed by atoms with van der Waals surface area (Å²) >= 11 is 0. The summed E-state index contributed by atoms with van der Waals surface area (Å²) in [5.74, 6) is 0.894. The molecule has 0 bridgehead atoms. The van der Waals surface area contributed by atoms with Crippen LogP contribution in [0.25, 0.3) is 11.1 Å². The van der Waals surface area contributed by atoms with Crippen LogP contribution in [0.15, 0.2) is 35.0 Å². The zero-order valence-electron chi connectivity index (χ0n) is 9.43. The summed E-state index contributed by atoms with van der Waals surface area (Å²) in [5.41, 5.74) is 8.88. The number of hydrogen-bond acceptors (Lipinski definition) is 4. The van der Waals surface area contributed by atoms with Gasteiger partial charge >= 0.3 is 0 Å². The molecule has 1 aliphatic heterocycles. The number of rotatable bonds is 2. The molecule has 1 aromatic heterocycles. The summed E-state index contributed by atoms with van der Waals surface area (Å²) in [6, 6.07) is 8.36. The van der Waals surface area contributed by atoms with Crippen LogP contribution in [-0.4, -0.2) is 18.4 Å². The van der Waals surface area contributed by atoms with Crippen molar-refractivity contribution in [2.24, 2.45) is 0 Å². The van der Waals surface area contributed by atoms with Gasteiger partial charge in [0.2, 0.25) is 5.88 Å². The van der Waals surface area contributed by atoms with E-state index in [9.17, 15) is 0 Å². The van der Waals surface area contributed by atoms with Gasteiger partial charge in [-0.2, -0.15) is 0 Å². The molecule has 0 saturated carbocycles. The highest BCUT2D eigenvalue weighted by Gasteiger charge is 2.17. The number of nitrogens with zero attached hydrogens (tertiary/aromatic N) is 1. The first-order chi connectivity index (χ1) is 8.34. The fourth-order valence-electron chi connectivity index (χ4n) is 2.20. The van der Waals surface area contributed by atoms with Crippen LogP contribution in [-0.2, 0) is 4.74 Å². The Morgan fingerprint density at radius 3 is 2.65 bits per heavy atom. The quantitative estimate of drug-likeness (QED) is 0.860. The first-order valence-corrected chi connectivity index (χ1v) is 5.73. The highest BCUT2D eigenvalue weighted by atomic mass is 16.5. The monoisotopic (exact) mass is 230 g/mol. The Bertz CT molecular complexity index is 498. The van der Waals surface area contributed by atoms with Crippen molar-refractivity contribution in [3.63, 3.8) is 0 Å². The highest BCUT2D eigenvalue weighted by molar-refractivity contribution is 5.71. The lowest BCUT2D eigenvalue weighted by atomic mass is 9.96. The fourth-order valence-corrected chi connectivity index (χ4v) is 2.20. The number of nitrogen functional groups attached to an aromatic ring is 1. The average molecular weight is 230 g/mol. The SMILES string of the molecule is Nc1oncc1-c1ccc(C2CCOC2)cc1. The van der Waals surface area contributed by atoms with E-state index < -0.39 is 0 Å². The molecule has 17 heavy (non-hydrogen) atoms. The summed E-state index contributed by atoms with van der Waals surface area (Å²) in [4.78, 5) is 0. The van der Waals surface area contributed by atoms with Gasteiger partial charge in [-0.15, -0.1) is 0 Å². The van der Waals surface area contributed by atoms with Crippen LogP contribution in [0.2, 0.25) is 0 Å². The van der Waals surface area contributed by atoms with Crippen LogP contribution < -0.4 is 5.73 Å². The summed E-state index contributed by atoms with van der Waals surface area (Å²) in [6.07, 6.45) is 2.75. The van der Waals surface area contributed by atoms with Gasteiger partial charge in [-0.25, -0.2) is 0 Å². The van der Waals surface area contributed by atoms with Crippen molar-refractivity contribution in [2.45, 2.75) is 12.3 Å². The number of benzene rings is 1. The lowest BCUT2D eigenvalue weighted by Gasteiger charge is -2.08. The molecule has 2 heterocycles. The molecule has 1 saturated heterocycles. The Hall–Kier alpha value is -1.81. The van der Waals surface area contributed by atoms with E-state index in [1.807, 2.05) is 0 Å². The second kappa shape index (κ2) is 4.22. The predicted molar refractivity (Wildman–Crippen MR) is 64.5 cm³/mol. The van der Waals surface area contributed by atoms with E-state index in [1.54, 1.807) is 6.20 Å². The van der Waals surface area contributed by atoms with E-state index in [2.05, 4.69) is 29.4 Å². The molecule has 4 heteroatoms. The minimum Gasteiger partial charge on any atom is -0.381 e. The number of ether oxygens (including phenoxy) is 1. The van der Waals surface area contributed by atoms with Gasteiger partial charge in [-0.05, 0) is 17.5 Å². The Kier molecular flexibility index (Phi) is 2.57. The number of aromatic nitrogens is 1. The highest BCUT2D eigenvalue weighted by Crippen LogP contribution is 2.29. The summed E-state index contributed by atoms with van der Waals surface area (Å²) in [5, 5.41) is 3.68. The minimum atomic E-state index is 0.363. The van der Waals surface area contributed by atoms with Crippen molar-refractivity contribution in [2.75, 3.05) is 18.9 Å². The third-order valence-corrected chi connectivity index (χ3v) is 3.22. The molecule has 0 amide bonds. The predicted octanol–water partition coefficient (Wildman–Crippen LogP) is 2.43. The van der Waals surface area contributed by atoms with E-state index in [1.165, 1.54) is 5.56 Å². The van der Waals surface area contributed by atoms with Crippen molar-refractivity contribution in [1.82, 2.24) is 5.16 Å². The lowest BCUT2D eigenvalue weighted by molar-refractivity contribution is 0.194. The van der Waals surface area contributed by atoms with Crippen molar-refractivity contribution in [1.29, 1.82) is 0 Å². The van der Waals surface area contributed by atoms with Gasteiger partial charge in [0.25, 0.3) is 0 Å². The molecular weight excluding hydrogens is 216 g/mol. The molecule has 2 N–H and O–H groups in total. The molecule has 2 aromatic rings. The number of nitrogens with two attached hydrogens (primary N) is 1. The molecule has 0 radical (unpaired) electrons. The molecule has 1 aromatic carbocycles. The van der Waals surface area contributed by atoms with Gasteiger partial charge in [-0.1, -0.05) is 29.4 Å². The standard InChI is InChI=1S/C13H14N2O2/c14-13-12(7-15-17-13)10-3-1-9(2-4-10)11-5-6-16-8-11/h1-4,7,11H,5-6,8,14H2.